The number of carbonyl (C=O) groups excluding carboxylic acids is 1. The molecular formula is C13H18N2O5S. The summed E-state index contributed by atoms with van der Waals surface area (Å²) in [7, 11) is -0.642. The van der Waals surface area contributed by atoms with Crippen LogP contribution in [0, 0.1) is 0 Å². The Morgan fingerprint density at radius 3 is 2.81 bits per heavy atom. The highest BCUT2D eigenvalue weighted by molar-refractivity contribution is 7.89. The van der Waals surface area contributed by atoms with Gasteiger partial charge >= 0.3 is 5.97 Å². The van der Waals surface area contributed by atoms with Gasteiger partial charge in [0.15, 0.2) is 0 Å². The van der Waals surface area contributed by atoms with Crippen molar-refractivity contribution in [2.75, 3.05) is 32.6 Å². The van der Waals surface area contributed by atoms with Crippen LogP contribution < -0.4 is 10.1 Å². The molecule has 1 atom stereocenters. The van der Waals surface area contributed by atoms with Crippen LogP contribution in [0.2, 0.25) is 0 Å². The number of fused-ring (bicyclic) bond motifs is 1. The number of anilines is 1. The second-order valence-corrected chi connectivity index (χ2v) is 6.84. The van der Waals surface area contributed by atoms with Gasteiger partial charge in [0.05, 0.1) is 23.7 Å². The molecule has 7 nitrogen and oxygen atoms in total. The van der Waals surface area contributed by atoms with Gasteiger partial charge in [0.2, 0.25) is 16.1 Å². The highest BCUT2D eigenvalue weighted by atomic mass is 32.2. The molecule has 0 radical (unpaired) electrons. The van der Waals surface area contributed by atoms with Crippen LogP contribution in [0.4, 0.5) is 5.69 Å². The van der Waals surface area contributed by atoms with Gasteiger partial charge in [0.25, 0.3) is 0 Å². The molecule has 2 rings (SSSR count). The van der Waals surface area contributed by atoms with Crippen molar-refractivity contribution in [1.29, 1.82) is 0 Å². The molecule has 1 aromatic carbocycles. The van der Waals surface area contributed by atoms with E-state index in [1.807, 2.05) is 0 Å². The minimum absolute atomic E-state index is 0.109. The van der Waals surface area contributed by atoms with Gasteiger partial charge in [-0.15, -0.1) is 0 Å². The summed E-state index contributed by atoms with van der Waals surface area (Å²) in [5.74, 6) is -0.154. The molecule has 1 unspecified atom stereocenters. The van der Waals surface area contributed by atoms with Crippen molar-refractivity contribution in [1.82, 2.24) is 4.31 Å². The molecule has 116 valence electrons. The molecule has 0 amide bonds. The van der Waals surface area contributed by atoms with Crippen LogP contribution in [0.15, 0.2) is 23.1 Å². The van der Waals surface area contributed by atoms with Crippen molar-refractivity contribution in [3.63, 3.8) is 0 Å². The van der Waals surface area contributed by atoms with E-state index in [1.54, 1.807) is 13.0 Å². The minimum Gasteiger partial charge on any atom is -0.475 e. The first kappa shape index (κ1) is 15.6. The first-order chi connectivity index (χ1) is 9.86. The van der Waals surface area contributed by atoms with Gasteiger partial charge in [-0.2, -0.15) is 0 Å². The molecule has 0 saturated heterocycles. The molecule has 1 N–H and O–H groups in total. The predicted octanol–water partition coefficient (Wildman–Crippen LogP) is 0.673. The molecule has 0 aromatic heterocycles. The van der Waals surface area contributed by atoms with E-state index < -0.39 is 22.1 Å². The number of sulfonamides is 1. The molecule has 1 heterocycles. The fraction of sp³-hybridized carbons (Fsp3) is 0.462. The lowest BCUT2D eigenvalue weighted by atomic mass is 10.2. The summed E-state index contributed by atoms with van der Waals surface area (Å²) in [6.07, 6.45) is -0.783. The smallest absolute Gasteiger partial charge is 0.349 e. The lowest BCUT2D eigenvalue weighted by Gasteiger charge is -2.26. The first-order valence-electron chi connectivity index (χ1n) is 6.50. The zero-order valence-corrected chi connectivity index (χ0v) is 12.9. The molecule has 0 aliphatic carbocycles. The van der Waals surface area contributed by atoms with Crippen LogP contribution in [-0.2, 0) is 19.6 Å². The number of hydrogen-bond acceptors (Lipinski definition) is 6. The molecule has 1 aliphatic rings. The summed E-state index contributed by atoms with van der Waals surface area (Å²) in [5.41, 5.74) is 0.647. The maximum Gasteiger partial charge on any atom is 0.349 e. The average Bonchev–Trinajstić information content (AvgIpc) is 2.46. The Balaban J connectivity index is 2.29. The summed E-state index contributed by atoms with van der Waals surface area (Å²) in [6.45, 7) is 2.26. The van der Waals surface area contributed by atoms with Crippen LogP contribution in [0.1, 0.15) is 6.92 Å². The van der Waals surface area contributed by atoms with Crippen LogP contribution in [0.5, 0.6) is 5.75 Å². The maximum atomic E-state index is 12.1. The lowest BCUT2D eigenvalue weighted by molar-refractivity contribution is -0.150. The maximum absolute atomic E-state index is 12.1. The van der Waals surface area contributed by atoms with Gasteiger partial charge in [0, 0.05) is 20.2 Å². The zero-order valence-electron chi connectivity index (χ0n) is 12.1. The second-order valence-electron chi connectivity index (χ2n) is 4.68. The highest BCUT2D eigenvalue weighted by Gasteiger charge is 2.28. The fourth-order valence-electron chi connectivity index (χ4n) is 1.88. The highest BCUT2D eigenvalue weighted by Crippen LogP contribution is 2.32. The molecule has 8 heteroatoms. The molecule has 21 heavy (non-hydrogen) atoms. The predicted molar refractivity (Wildman–Crippen MR) is 76.9 cm³/mol. The van der Waals surface area contributed by atoms with Gasteiger partial charge in [-0.3, -0.25) is 0 Å². The number of ether oxygens (including phenoxy) is 2. The summed E-state index contributed by atoms with van der Waals surface area (Å²) >= 11 is 0. The molecule has 0 spiro atoms. The van der Waals surface area contributed by atoms with Crippen molar-refractivity contribution in [2.45, 2.75) is 17.9 Å². The van der Waals surface area contributed by atoms with Crippen molar-refractivity contribution < 1.29 is 22.7 Å². The van der Waals surface area contributed by atoms with Crippen LogP contribution in [0.25, 0.3) is 0 Å². The normalized spacial score (nSPS) is 17.6. The molecule has 0 saturated carbocycles. The fourth-order valence-corrected chi connectivity index (χ4v) is 2.80. The number of carbonyl (C=O) groups is 1. The number of hydrogen-bond donors (Lipinski definition) is 1. The Labute approximate surface area is 123 Å². The van der Waals surface area contributed by atoms with Crippen molar-refractivity contribution in [3.8, 4) is 5.75 Å². The van der Waals surface area contributed by atoms with Crippen molar-refractivity contribution in [2.24, 2.45) is 0 Å². The number of rotatable bonds is 4. The summed E-state index contributed by atoms with van der Waals surface area (Å²) in [5, 5.41) is 3.03. The van der Waals surface area contributed by atoms with E-state index in [4.69, 9.17) is 9.47 Å². The monoisotopic (exact) mass is 314 g/mol. The molecule has 1 aliphatic heterocycles. The van der Waals surface area contributed by atoms with Gasteiger partial charge in [-0.1, -0.05) is 0 Å². The Morgan fingerprint density at radius 1 is 1.48 bits per heavy atom. The zero-order chi connectivity index (χ0) is 15.6. The first-order valence-corrected chi connectivity index (χ1v) is 7.94. The molecule has 0 bridgehead atoms. The van der Waals surface area contributed by atoms with Gasteiger partial charge in [0.1, 0.15) is 5.75 Å². The van der Waals surface area contributed by atoms with Gasteiger partial charge in [-0.25, -0.2) is 17.5 Å². The molecular weight excluding hydrogens is 296 g/mol. The summed E-state index contributed by atoms with van der Waals surface area (Å²) in [4.78, 5) is 11.8. The number of nitrogens with zero attached hydrogens (tertiary/aromatic N) is 1. The second kappa shape index (κ2) is 5.90. The van der Waals surface area contributed by atoms with Gasteiger partial charge < -0.3 is 14.8 Å². The van der Waals surface area contributed by atoms with E-state index in [0.717, 1.165) is 4.31 Å². The van der Waals surface area contributed by atoms with Crippen molar-refractivity contribution >= 4 is 21.7 Å². The third-order valence-corrected chi connectivity index (χ3v) is 4.84. The van der Waals surface area contributed by atoms with E-state index in [0.29, 0.717) is 11.4 Å². The quantitative estimate of drug-likeness (QED) is 0.822. The van der Waals surface area contributed by atoms with E-state index in [-0.39, 0.29) is 18.0 Å². The topological polar surface area (TPSA) is 84.9 Å². The number of benzene rings is 1. The third-order valence-electron chi connectivity index (χ3n) is 3.03. The van der Waals surface area contributed by atoms with E-state index in [2.05, 4.69) is 5.32 Å². The largest absolute Gasteiger partial charge is 0.475 e. The Kier molecular flexibility index (Phi) is 4.38. The average molecular weight is 314 g/mol. The van der Waals surface area contributed by atoms with Crippen molar-refractivity contribution in [3.05, 3.63) is 18.2 Å². The Hall–Kier alpha value is -1.80. The Morgan fingerprint density at radius 2 is 2.19 bits per heavy atom. The Bertz CT molecular complexity index is 642. The SMILES string of the molecule is CCOC(=O)C1CNc2ccc(S(=O)(=O)N(C)C)cc2O1. The van der Waals surface area contributed by atoms with E-state index >= 15 is 0 Å². The van der Waals surface area contributed by atoms with E-state index in [9.17, 15) is 13.2 Å². The third kappa shape index (κ3) is 3.11. The summed E-state index contributed by atoms with van der Waals surface area (Å²) < 4.78 is 35.8. The molecule has 1 aromatic rings. The standard InChI is InChI=1S/C13H18N2O5S/c1-4-19-13(16)12-8-14-10-6-5-9(7-11(10)20-12)21(17,18)15(2)3/h5-7,12,14H,4,8H2,1-3H3. The summed E-state index contributed by atoms with van der Waals surface area (Å²) in [6, 6.07) is 4.52. The molecule has 0 fully saturated rings. The number of nitrogens with one attached hydrogen (secondary N) is 1. The van der Waals surface area contributed by atoms with Crippen LogP contribution in [-0.4, -0.2) is 52.0 Å². The van der Waals surface area contributed by atoms with Crippen LogP contribution in [0.3, 0.4) is 0 Å². The minimum atomic E-state index is -3.55. The van der Waals surface area contributed by atoms with E-state index in [1.165, 1.54) is 26.2 Å². The number of esters is 1. The van der Waals surface area contributed by atoms with Gasteiger partial charge in [-0.05, 0) is 19.1 Å². The van der Waals surface area contributed by atoms with Crippen LogP contribution >= 0.6 is 0 Å². The lowest BCUT2D eigenvalue weighted by Crippen LogP contribution is -2.39.